The van der Waals surface area contributed by atoms with Crippen LogP contribution in [0.25, 0.3) is 39.3 Å². The Labute approximate surface area is 163 Å². The molecule has 0 bridgehead atoms. The maximum atomic E-state index is 6.16. The Morgan fingerprint density at radius 3 is 2.57 bits per heavy atom. The van der Waals surface area contributed by atoms with Crippen LogP contribution in [0.3, 0.4) is 0 Å². The van der Waals surface area contributed by atoms with Crippen LogP contribution in [0, 0.1) is 0 Å². The Hall–Kier alpha value is -3.40. The van der Waals surface area contributed by atoms with Crippen LogP contribution in [0.4, 0.5) is 0 Å². The average Bonchev–Trinajstić information content (AvgIpc) is 2.70. The minimum absolute atomic E-state index is 0.392. The van der Waals surface area contributed by atoms with Gasteiger partial charge in [0.2, 0.25) is 0 Å². The molecule has 0 N–H and O–H groups in total. The van der Waals surface area contributed by atoms with Crippen LogP contribution in [-0.4, -0.2) is 10.6 Å². The van der Waals surface area contributed by atoms with Crippen LogP contribution < -0.4 is 5.36 Å². The third-order valence-corrected chi connectivity index (χ3v) is 4.30. The first-order valence-electron chi connectivity index (χ1n) is 9.21. The smallest absolute Gasteiger partial charge is 0.155 e. The number of aromatic nitrogens is 1. The summed E-state index contributed by atoms with van der Waals surface area (Å²) in [6.07, 6.45) is 3.65. The fourth-order valence-corrected chi connectivity index (χ4v) is 2.92. The third-order valence-electron chi connectivity index (χ3n) is 4.30. The van der Waals surface area contributed by atoms with E-state index in [0.29, 0.717) is 16.7 Å². The largest absolute Gasteiger partial charge is 0.454 e. The molecule has 2 aromatic heterocycles. The van der Waals surface area contributed by atoms with Gasteiger partial charge in [-0.15, -0.1) is 0 Å². The van der Waals surface area contributed by atoms with Gasteiger partial charge in [0.25, 0.3) is 0 Å². The van der Waals surface area contributed by atoms with Crippen molar-refractivity contribution in [2.24, 2.45) is 5.16 Å². The van der Waals surface area contributed by atoms with E-state index in [2.05, 4.69) is 22.8 Å². The summed E-state index contributed by atoms with van der Waals surface area (Å²) < 4.78 is 6.16. The van der Waals surface area contributed by atoms with E-state index in [0.717, 1.165) is 27.4 Å². The lowest BCUT2D eigenvalue weighted by Crippen LogP contribution is -2.18. The number of hydrogen-bond donors (Lipinski definition) is 0. The molecule has 0 aliphatic heterocycles. The number of fused-ring (bicyclic) bond motifs is 2. The van der Waals surface area contributed by atoms with E-state index in [1.54, 1.807) is 6.08 Å². The first-order valence-corrected chi connectivity index (χ1v) is 9.21. The predicted molar refractivity (Wildman–Crippen MR) is 113 cm³/mol. The molecule has 28 heavy (non-hydrogen) atoms. The van der Waals surface area contributed by atoms with Gasteiger partial charge >= 0.3 is 0 Å². The van der Waals surface area contributed by atoms with Crippen molar-refractivity contribution in [2.75, 3.05) is 0 Å². The van der Waals surface area contributed by atoms with E-state index >= 15 is 0 Å². The topological polar surface area (TPSA) is 47.6 Å². The molecule has 140 valence electrons. The maximum Gasteiger partial charge on any atom is 0.155 e. The maximum absolute atomic E-state index is 6.16. The molecular formula is C24H22N2O2. The molecule has 4 rings (SSSR count). The minimum Gasteiger partial charge on any atom is -0.454 e. The van der Waals surface area contributed by atoms with E-state index in [1.807, 2.05) is 75.5 Å². The lowest BCUT2D eigenvalue weighted by Gasteiger charge is -2.15. The molecule has 0 spiro atoms. The molecule has 0 saturated heterocycles. The molecule has 4 aromatic rings. The Kier molecular flexibility index (Phi) is 4.47. The van der Waals surface area contributed by atoms with Crippen molar-refractivity contribution in [3.05, 3.63) is 78.3 Å². The van der Waals surface area contributed by atoms with Crippen LogP contribution in [-0.2, 0) is 4.84 Å². The van der Waals surface area contributed by atoms with Crippen molar-refractivity contribution in [3.8, 4) is 11.5 Å². The van der Waals surface area contributed by atoms with Gasteiger partial charge in [0.1, 0.15) is 22.2 Å². The van der Waals surface area contributed by atoms with Gasteiger partial charge < -0.3 is 9.25 Å². The molecule has 0 radical (unpaired) electrons. The first kappa shape index (κ1) is 18.0. The van der Waals surface area contributed by atoms with Crippen molar-refractivity contribution in [1.82, 2.24) is 4.98 Å². The van der Waals surface area contributed by atoms with Crippen molar-refractivity contribution in [2.45, 2.75) is 26.4 Å². The van der Waals surface area contributed by atoms with E-state index in [4.69, 9.17) is 9.25 Å². The van der Waals surface area contributed by atoms with Crippen LogP contribution in [0.1, 0.15) is 26.3 Å². The summed E-state index contributed by atoms with van der Waals surface area (Å²) in [5.41, 5.74) is 2.07. The molecule has 2 aromatic carbocycles. The second-order valence-electron chi connectivity index (χ2n) is 7.67. The molecule has 0 aliphatic rings. The number of pyridine rings is 1. The van der Waals surface area contributed by atoms with Gasteiger partial charge in [0, 0.05) is 23.0 Å². The average molecular weight is 370 g/mol. The summed E-state index contributed by atoms with van der Waals surface area (Å²) in [5, 5.41) is 8.17. The molecule has 4 heteroatoms. The normalized spacial score (nSPS) is 12.5. The van der Waals surface area contributed by atoms with Gasteiger partial charge in [0.05, 0.1) is 0 Å². The number of nitrogens with zero attached hydrogens (tertiary/aromatic N) is 2. The quantitative estimate of drug-likeness (QED) is 0.420. The SMILES string of the molecule is C=Cc1ccc2oc(-c3cc4ccccc4cn3)cc(=NOC(C)(C)C)c2c1. The highest BCUT2D eigenvalue weighted by Crippen LogP contribution is 2.24. The minimum atomic E-state index is -0.392. The Morgan fingerprint density at radius 1 is 1.04 bits per heavy atom. The molecule has 2 heterocycles. The second-order valence-corrected chi connectivity index (χ2v) is 7.67. The molecule has 0 atom stereocenters. The Balaban J connectivity index is 1.94. The zero-order valence-corrected chi connectivity index (χ0v) is 16.3. The van der Waals surface area contributed by atoms with Crippen molar-refractivity contribution in [3.63, 3.8) is 0 Å². The number of rotatable bonds is 3. The van der Waals surface area contributed by atoms with Gasteiger partial charge in [-0.3, -0.25) is 4.98 Å². The van der Waals surface area contributed by atoms with Gasteiger partial charge in [-0.25, -0.2) is 0 Å². The molecule has 0 saturated carbocycles. The highest BCUT2D eigenvalue weighted by atomic mass is 16.6. The van der Waals surface area contributed by atoms with Gasteiger partial charge in [-0.2, -0.15) is 0 Å². The number of hydrogen-bond acceptors (Lipinski definition) is 4. The second kappa shape index (κ2) is 6.97. The van der Waals surface area contributed by atoms with Gasteiger partial charge in [0.15, 0.2) is 5.76 Å². The van der Waals surface area contributed by atoms with Crippen LogP contribution >= 0.6 is 0 Å². The Bertz CT molecular complexity index is 1250. The molecule has 0 amide bonds. The summed E-state index contributed by atoms with van der Waals surface area (Å²) >= 11 is 0. The number of benzene rings is 2. The molecular weight excluding hydrogens is 348 g/mol. The van der Waals surface area contributed by atoms with Crippen molar-refractivity contribution >= 4 is 27.8 Å². The van der Waals surface area contributed by atoms with E-state index < -0.39 is 5.60 Å². The summed E-state index contributed by atoms with van der Waals surface area (Å²) in [5.74, 6) is 0.640. The van der Waals surface area contributed by atoms with Gasteiger partial charge in [-0.1, -0.05) is 48.1 Å². The van der Waals surface area contributed by atoms with E-state index in [9.17, 15) is 0 Å². The summed E-state index contributed by atoms with van der Waals surface area (Å²) in [6.45, 7) is 9.74. The summed E-state index contributed by atoms with van der Waals surface area (Å²) in [7, 11) is 0. The third kappa shape index (κ3) is 3.67. The Morgan fingerprint density at radius 2 is 1.82 bits per heavy atom. The molecule has 4 nitrogen and oxygen atoms in total. The van der Waals surface area contributed by atoms with Gasteiger partial charge in [-0.05, 0) is 49.9 Å². The fourth-order valence-electron chi connectivity index (χ4n) is 2.92. The van der Waals surface area contributed by atoms with Crippen molar-refractivity contribution < 1.29 is 9.25 Å². The zero-order chi connectivity index (χ0) is 19.7. The van der Waals surface area contributed by atoms with E-state index in [1.165, 1.54) is 0 Å². The van der Waals surface area contributed by atoms with Crippen molar-refractivity contribution in [1.29, 1.82) is 0 Å². The lowest BCUT2D eigenvalue weighted by molar-refractivity contribution is -0.00585. The fraction of sp³-hybridized carbons (Fsp3) is 0.167. The highest BCUT2D eigenvalue weighted by molar-refractivity contribution is 5.85. The summed E-state index contributed by atoms with van der Waals surface area (Å²) in [4.78, 5) is 10.3. The zero-order valence-electron chi connectivity index (χ0n) is 16.3. The lowest BCUT2D eigenvalue weighted by atomic mass is 10.1. The first-order chi connectivity index (χ1) is 13.4. The highest BCUT2D eigenvalue weighted by Gasteiger charge is 2.12. The molecule has 0 unspecified atom stereocenters. The predicted octanol–water partition coefficient (Wildman–Crippen LogP) is 5.92. The standard InChI is InChI=1S/C24H22N2O2/c1-5-16-10-11-22-19(12-16)20(26-28-24(2,3)4)14-23(27-22)21-13-17-8-6-7-9-18(17)15-25-21/h5-15H,1H2,2-4H3. The van der Waals surface area contributed by atoms with Crippen LogP contribution in [0.2, 0.25) is 0 Å². The summed E-state index contributed by atoms with van der Waals surface area (Å²) in [6, 6.07) is 17.9. The monoisotopic (exact) mass is 370 g/mol. The molecule has 0 fully saturated rings. The molecule has 0 aliphatic carbocycles. The van der Waals surface area contributed by atoms with Crippen LogP contribution in [0.5, 0.6) is 0 Å². The van der Waals surface area contributed by atoms with Crippen LogP contribution in [0.15, 0.2) is 76.9 Å². The van der Waals surface area contributed by atoms with E-state index in [-0.39, 0.29) is 0 Å².